The number of carbonyl (C=O) groups excluding carboxylic acids is 1. The largest absolute Gasteiger partial charge is 0.450 e. The van der Waals surface area contributed by atoms with E-state index in [0.29, 0.717) is 44.2 Å². The number of thiophene rings is 1. The van der Waals surface area contributed by atoms with Crippen LogP contribution in [0.2, 0.25) is 0 Å². The molecule has 0 spiro atoms. The van der Waals surface area contributed by atoms with Gasteiger partial charge >= 0.3 is 12.3 Å². The van der Waals surface area contributed by atoms with Gasteiger partial charge < -0.3 is 20.1 Å². The van der Waals surface area contributed by atoms with Crippen LogP contribution in [0.5, 0.6) is 0 Å². The first-order valence-corrected chi connectivity index (χ1v) is 11.3. The fourth-order valence-corrected chi connectivity index (χ4v) is 5.28. The van der Waals surface area contributed by atoms with Crippen molar-refractivity contribution in [3.8, 4) is 11.4 Å². The van der Waals surface area contributed by atoms with Crippen molar-refractivity contribution in [2.45, 2.75) is 26.2 Å². The van der Waals surface area contributed by atoms with E-state index in [2.05, 4.69) is 19.9 Å². The molecule has 180 valence electrons. The Morgan fingerprint density at radius 2 is 2.00 bits per heavy atom. The molecule has 5 rings (SSSR count). The Bertz CT molecular complexity index is 1260. The van der Waals surface area contributed by atoms with E-state index >= 15 is 0 Å². The smallest absolute Gasteiger partial charge is 0.434 e. The minimum Gasteiger partial charge on any atom is -0.450 e. The van der Waals surface area contributed by atoms with Gasteiger partial charge in [-0.15, -0.1) is 11.3 Å². The first-order valence-electron chi connectivity index (χ1n) is 10.5. The van der Waals surface area contributed by atoms with E-state index in [1.165, 1.54) is 16.2 Å². The molecule has 10 nitrogen and oxygen atoms in total. The molecule has 2 N–H and O–H groups in total. The molecule has 34 heavy (non-hydrogen) atoms. The van der Waals surface area contributed by atoms with Gasteiger partial charge in [-0.3, -0.25) is 4.90 Å². The number of aromatic nitrogens is 4. The maximum absolute atomic E-state index is 13.8. The van der Waals surface area contributed by atoms with Crippen LogP contribution >= 0.6 is 11.3 Å². The SMILES string of the molecule is CCOC(=O)N1Cc2sc3c(N4CCOCC4)nc(-c4cnc(N)nc4C(F)(F)F)nc3c2C1. The number of rotatable bonds is 3. The Hall–Kier alpha value is -3.26. The second-order valence-electron chi connectivity index (χ2n) is 7.69. The van der Waals surface area contributed by atoms with Gasteiger partial charge in [0.2, 0.25) is 5.95 Å². The van der Waals surface area contributed by atoms with Gasteiger partial charge in [0, 0.05) is 29.7 Å². The number of ether oxygens (including phenoxy) is 2. The molecule has 0 saturated carbocycles. The van der Waals surface area contributed by atoms with Crippen molar-refractivity contribution in [1.29, 1.82) is 0 Å². The van der Waals surface area contributed by atoms with Gasteiger partial charge in [-0.2, -0.15) is 13.2 Å². The summed E-state index contributed by atoms with van der Waals surface area (Å²) >= 11 is 1.43. The Morgan fingerprint density at radius 1 is 1.24 bits per heavy atom. The van der Waals surface area contributed by atoms with Gasteiger partial charge in [-0.1, -0.05) is 0 Å². The third-order valence-corrected chi connectivity index (χ3v) is 6.73. The summed E-state index contributed by atoms with van der Waals surface area (Å²) in [4.78, 5) is 32.9. The predicted molar refractivity (Wildman–Crippen MR) is 117 cm³/mol. The minimum atomic E-state index is -4.78. The topological polar surface area (TPSA) is 120 Å². The van der Waals surface area contributed by atoms with Crippen LogP contribution in [0.4, 0.5) is 29.7 Å². The van der Waals surface area contributed by atoms with E-state index in [4.69, 9.17) is 15.2 Å². The molecule has 3 aromatic heterocycles. The molecule has 1 saturated heterocycles. The molecule has 2 aliphatic rings. The zero-order chi connectivity index (χ0) is 24.0. The Balaban J connectivity index is 1.68. The molecule has 1 amide bonds. The van der Waals surface area contributed by atoms with Gasteiger partial charge in [0.15, 0.2) is 17.3 Å². The molecule has 0 bridgehead atoms. The van der Waals surface area contributed by atoms with E-state index in [1.807, 2.05) is 4.90 Å². The molecule has 1 fully saturated rings. The van der Waals surface area contributed by atoms with Crippen molar-refractivity contribution in [2.24, 2.45) is 0 Å². The van der Waals surface area contributed by atoms with Crippen LogP contribution in [-0.4, -0.2) is 63.8 Å². The summed E-state index contributed by atoms with van der Waals surface area (Å²) < 4.78 is 52.6. The summed E-state index contributed by atoms with van der Waals surface area (Å²) in [6.07, 6.45) is -4.23. The van der Waals surface area contributed by atoms with Crippen molar-refractivity contribution < 1.29 is 27.4 Å². The second-order valence-corrected chi connectivity index (χ2v) is 8.80. The van der Waals surface area contributed by atoms with Gasteiger partial charge in [0.05, 0.1) is 48.7 Å². The maximum atomic E-state index is 13.8. The lowest BCUT2D eigenvalue weighted by molar-refractivity contribution is -0.140. The highest BCUT2D eigenvalue weighted by molar-refractivity contribution is 7.19. The Kier molecular flexibility index (Phi) is 5.64. The standard InChI is InChI=1S/C20H20F3N7O3S/c1-2-33-19(31)30-8-11-12(9-30)34-14-13(11)26-16(28-17(14)29-3-5-32-6-4-29)10-7-25-18(24)27-15(10)20(21,22)23/h7H,2-6,8-9H2,1H3,(H2,24,25,27). The fourth-order valence-electron chi connectivity index (χ4n) is 3.99. The number of carbonyl (C=O) groups is 1. The van der Waals surface area contributed by atoms with Crippen LogP contribution in [0.1, 0.15) is 23.1 Å². The lowest BCUT2D eigenvalue weighted by Crippen LogP contribution is -2.37. The number of hydrogen-bond acceptors (Lipinski definition) is 10. The molecule has 0 atom stereocenters. The normalized spacial score (nSPS) is 16.2. The zero-order valence-electron chi connectivity index (χ0n) is 18.1. The monoisotopic (exact) mass is 495 g/mol. The number of nitrogens with two attached hydrogens (primary N) is 1. The third-order valence-electron chi connectivity index (χ3n) is 5.53. The lowest BCUT2D eigenvalue weighted by atomic mass is 10.2. The van der Waals surface area contributed by atoms with Crippen LogP contribution in [-0.2, 0) is 28.7 Å². The molecule has 0 aliphatic carbocycles. The highest BCUT2D eigenvalue weighted by Gasteiger charge is 2.38. The van der Waals surface area contributed by atoms with Crippen LogP contribution in [0.3, 0.4) is 0 Å². The summed E-state index contributed by atoms with van der Waals surface area (Å²) in [5.74, 6) is -0.126. The average Bonchev–Trinajstić information content (AvgIpc) is 3.37. The molecule has 5 heterocycles. The van der Waals surface area contributed by atoms with Crippen LogP contribution in [0, 0.1) is 0 Å². The predicted octanol–water partition coefficient (Wildman–Crippen LogP) is 3.06. The highest BCUT2D eigenvalue weighted by Crippen LogP contribution is 2.43. The van der Waals surface area contributed by atoms with Gasteiger partial charge in [0.25, 0.3) is 0 Å². The molecule has 14 heteroatoms. The number of fused-ring (bicyclic) bond motifs is 3. The van der Waals surface area contributed by atoms with Crippen molar-refractivity contribution in [2.75, 3.05) is 43.5 Å². The molecule has 3 aromatic rings. The first-order chi connectivity index (χ1) is 16.3. The summed E-state index contributed by atoms with van der Waals surface area (Å²) in [5, 5.41) is 0. The van der Waals surface area contributed by atoms with E-state index in [9.17, 15) is 18.0 Å². The van der Waals surface area contributed by atoms with E-state index in [-0.39, 0.29) is 24.5 Å². The van der Waals surface area contributed by atoms with Crippen LogP contribution in [0.15, 0.2) is 6.20 Å². The minimum absolute atomic E-state index is 0.156. The molecule has 0 unspecified atom stereocenters. The number of morpholine rings is 1. The summed E-state index contributed by atoms with van der Waals surface area (Å²) in [7, 11) is 0. The molecular weight excluding hydrogens is 475 g/mol. The van der Waals surface area contributed by atoms with Crippen molar-refractivity contribution in [1.82, 2.24) is 24.8 Å². The Morgan fingerprint density at radius 3 is 2.71 bits per heavy atom. The van der Waals surface area contributed by atoms with Crippen molar-refractivity contribution in [3.05, 3.63) is 22.3 Å². The highest BCUT2D eigenvalue weighted by atomic mass is 32.1. The van der Waals surface area contributed by atoms with Crippen molar-refractivity contribution >= 4 is 39.4 Å². The molecule has 0 radical (unpaired) electrons. The first kappa shape index (κ1) is 22.5. The molecule has 2 aliphatic heterocycles. The number of nitrogen functional groups attached to an aromatic ring is 1. The number of anilines is 2. The fraction of sp³-hybridized carbons (Fsp3) is 0.450. The number of amides is 1. The number of halogens is 3. The number of nitrogens with zero attached hydrogens (tertiary/aromatic N) is 6. The van der Waals surface area contributed by atoms with Crippen molar-refractivity contribution in [3.63, 3.8) is 0 Å². The third kappa shape index (κ3) is 3.96. The number of alkyl halides is 3. The second kappa shape index (κ2) is 8.51. The molecule has 0 aromatic carbocycles. The van der Waals surface area contributed by atoms with E-state index in [1.54, 1.807) is 6.92 Å². The van der Waals surface area contributed by atoms with Crippen LogP contribution in [0.25, 0.3) is 21.6 Å². The Labute approximate surface area is 195 Å². The zero-order valence-corrected chi connectivity index (χ0v) is 18.9. The van der Waals surface area contributed by atoms with E-state index in [0.717, 1.165) is 21.3 Å². The van der Waals surface area contributed by atoms with Gasteiger partial charge in [-0.05, 0) is 6.92 Å². The van der Waals surface area contributed by atoms with E-state index < -0.39 is 23.9 Å². The molecular formula is C20H20F3N7O3S. The maximum Gasteiger partial charge on any atom is 0.434 e. The number of hydrogen-bond donors (Lipinski definition) is 1. The summed E-state index contributed by atoms with van der Waals surface area (Å²) in [6, 6.07) is 0. The quantitative estimate of drug-likeness (QED) is 0.585. The van der Waals surface area contributed by atoms with Gasteiger partial charge in [-0.25, -0.2) is 24.7 Å². The average molecular weight is 495 g/mol. The van der Waals surface area contributed by atoms with Crippen LogP contribution < -0.4 is 10.6 Å². The lowest BCUT2D eigenvalue weighted by Gasteiger charge is -2.28. The van der Waals surface area contributed by atoms with Gasteiger partial charge in [0.1, 0.15) is 0 Å². The summed E-state index contributed by atoms with van der Waals surface area (Å²) in [5.41, 5.74) is 5.15. The summed E-state index contributed by atoms with van der Waals surface area (Å²) in [6.45, 7) is 4.57.